The van der Waals surface area contributed by atoms with Crippen LogP contribution >= 0.6 is 11.6 Å². The van der Waals surface area contributed by atoms with Crippen molar-refractivity contribution in [2.75, 3.05) is 18.2 Å². The average Bonchev–Trinajstić information content (AvgIpc) is 2.48. The van der Waals surface area contributed by atoms with Crippen LogP contribution in [-0.2, 0) is 16.4 Å². The van der Waals surface area contributed by atoms with E-state index < -0.39 is 10.0 Å². The topological polar surface area (TPSA) is 46.2 Å². The Morgan fingerprint density at radius 1 is 1.15 bits per heavy atom. The zero-order valence-corrected chi connectivity index (χ0v) is 13.8. The Kier molecular flexibility index (Phi) is 7.00. The van der Waals surface area contributed by atoms with Crippen LogP contribution in [0.15, 0.2) is 30.3 Å². The predicted octanol–water partition coefficient (Wildman–Crippen LogP) is 3.19. The smallest absolute Gasteiger partial charge is 0.211 e. The van der Waals surface area contributed by atoms with Crippen LogP contribution in [-0.4, -0.2) is 26.6 Å². The summed E-state index contributed by atoms with van der Waals surface area (Å²) in [5.74, 6) is 0.587. The number of halogens is 1. The van der Waals surface area contributed by atoms with Crippen LogP contribution in [0.25, 0.3) is 0 Å². The number of sulfonamides is 1. The third-order valence-corrected chi connectivity index (χ3v) is 5.85. The minimum atomic E-state index is -3.25. The average molecular weight is 318 g/mol. The van der Waals surface area contributed by atoms with Crippen LogP contribution in [0.3, 0.4) is 0 Å². The summed E-state index contributed by atoms with van der Waals surface area (Å²) in [6, 6.07) is 9.64. The first-order chi connectivity index (χ1) is 9.47. The third kappa shape index (κ3) is 5.43. The Bertz CT molecular complexity index is 476. The van der Waals surface area contributed by atoms with E-state index in [0.717, 1.165) is 18.4 Å². The third-order valence-electron chi connectivity index (χ3n) is 3.95. The molecule has 0 fully saturated rings. The van der Waals surface area contributed by atoms with E-state index in [4.69, 9.17) is 11.6 Å². The number of aryl methyl sites for hydroxylation is 1. The Morgan fingerprint density at radius 2 is 1.75 bits per heavy atom. The van der Waals surface area contributed by atoms with Gasteiger partial charge in [0.25, 0.3) is 0 Å². The maximum Gasteiger partial charge on any atom is 0.211 e. The van der Waals surface area contributed by atoms with E-state index in [1.807, 2.05) is 44.2 Å². The summed E-state index contributed by atoms with van der Waals surface area (Å²) in [6.07, 6.45) is 2.27. The van der Waals surface area contributed by atoms with Crippen LogP contribution in [0.2, 0.25) is 0 Å². The summed E-state index contributed by atoms with van der Waals surface area (Å²) in [5.41, 5.74) is 0.897. The second-order valence-corrected chi connectivity index (χ2v) is 7.41. The minimum Gasteiger partial charge on any atom is -0.215 e. The fourth-order valence-corrected chi connectivity index (χ4v) is 3.62. The van der Waals surface area contributed by atoms with Crippen molar-refractivity contribution in [2.24, 2.45) is 5.41 Å². The molecule has 114 valence electrons. The Morgan fingerprint density at radius 3 is 2.25 bits per heavy atom. The molecule has 1 aromatic rings. The molecule has 0 heterocycles. The molecule has 0 radical (unpaired) electrons. The standard InChI is InChI=1S/C15H24ClNO2S/c1-3-15(4-2,12-16)13-17-20(18,19)11-10-14-8-6-5-7-9-14/h5-9,17H,3-4,10-13H2,1-2H3. The summed E-state index contributed by atoms with van der Waals surface area (Å²) in [6.45, 7) is 4.51. The molecule has 0 saturated carbocycles. The van der Waals surface area contributed by atoms with Crippen molar-refractivity contribution in [3.05, 3.63) is 35.9 Å². The van der Waals surface area contributed by atoms with Gasteiger partial charge >= 0.3 is 0 Å². The van der Waals surface area contributed by atoms with E-state index in [1.165, 1.54) is 0 Å². The summed E-state index contributed by atoms with van der Waals surface area (Å²) >= 11 is 5.99. The maximum absolute atomic E-state index is 12.0. The van der Waals surface area contributed by atoms with Crippen molar-refractivity contribution in [1.82, 2.24) is 4.72 Å². The van der Waals surface area contributed by atoms with E-state index >= 15 is 0 Å². The Hall–Kier alpha value is -0.580. The van der Waals surface area contributed by atoms with Crippen molar-refractivity contribution in [1.29, 1.82) is 0 Å². The highest BCUT2D eigenvalue weighted by Crippen LogP contribution is 2.27. The lowest BCUT2D eigenvalue weighted by Crippen LogP contribution is -2.39. The fraction of sp³-hybridized carbons (Fsp3) is 0.600. The van der Waals surface area contributed by atoms with Crippen molar-refractivity contribution in [2.45, 2.75) is 33.1 Å². The van der Waals surface area contributed by atoms with Crippen molar-refractivity contribution >= 4 is 21.6 Å². The summed E-state index contributed by atoms with van der Waals surface area (Å²) in [7, 11) is -3.25. The number of hydrogen-bond donors (Lipinski definition) is 1. The number of nitrogens with one attached hydrogen (secondary N) is 1. The molecule has 0 aliphatic heterocycles. The molecule has 0 aliphatic carbocycles. The minimum absolute atomic E-state index is 0.114. The van der Waals surface area contributed by atoms with Crippen LogP contribution in [0.1, 0.15) is 32.3 Å². The molecule has 0 amide bonds. The number of hydrogen-bond acceptors (Lipinski definition) is 2. The van der Waals surface area contributed by atoms with Gasteiger partial charge < -0.3 is 0 Å². The molecule has 1 aromatic carbocycles. The van der Waals surface area contributed by atoms with Crippen molar-refractivity contribution in [3.63, 3.8) is 0 Å². The molecule has 0 unspecified atom stereocenters. The fourth-order valence-electron chi connectivity index (χ4n) is 1.97. The number of alkyl halides is 1. The lowest BCUT2D eigenvalue weighted by molar-refractivity contribution is 0.304. The van der Waals surface area contributed by atoms with Gasteiger partial charge in [-0.15, -0.1) is 11.6 Å². The van der Waals surface area contributed by atoms with Gasteiger partial charge in [0.1, 0.15) is 0 Å². The highest BCUT2D eigenvalue weighted by atomic mass is 35.5. The van der Waals surface area contributed by atoms with Gasteiger partial charge in [0, 0.05) is 12.4 Å². The van der Waals surface area contributed by atoms with Gasteiger partial charge in [-0.2, -0.15) is 0 Å². The van der Waals surface area contributed by atoms with Crippen LogP contribution in [0.5, 0.6) is 0 Å². The first-order valence-electron chi connectivity index (χ1n) is 7.04. The van der Waals surface area contributed by atoms with Gasteiger partial charge in [0.05, 0.1) is 5.75 Å². The predicted molar refractivity (Wildman–Crippen MR) is 85.7 cm³/mol. The van der Waals surface area contributed by atoms with Gasteiger partial charge in [-0.3, -0.25) is 0 Å². The van der Waals surface area contributed by atoms with Gasteiger partial charge in [-0.25, -0.2) is 13.1 Å². The van der Waals surface area contributed by atoms with Crippen LogP contribution < -0.4 is 4.72 Å². The van der Waals surface area contributed by atoms with Gasteiger partial charge in [0.2, 0.25) is 10.0 Å². The molecule has 1 rings (SSSR count). The van der Waals surface area contributed by atoms with Crippen molar-refractivity contribution < 1.29 is 8.42 Å². The molecule has 0 spiro atoms. The molecule has 5 heteroatoms. The molecule has 0 atom stereocenters. The van der Waals surface area contributed by atoms with E-state index in [0.29, 0.717) is 18.8 Å². The Balaban J connectivity index is 2.53. The summed E-state index contributed by atoms with van der Waals surface area (Å²) in [5, 5.41) is 0. The zero-order valence-electron chi connectivity index (χ0n) is 12.2. The first-order valence-corrected chi connectivity index (χ1v) is 9.23. The molecule has 0 aliphatic rings. The van der Waals surface area contributed by atoms with Gasteiger partial charge in [0.15, 0.2) is 0 Å². The maximum atomic E-state index is 12.0. The second-order valence-electron chi connectivity index (χ2n) is 5.22. The number of rotatable bonds is 9. The number of benzene rings is 1. The van der Waals surface area contributed by atoms with Crippen molar-refractivity contribution in [3.8, 4) is 0 Å². The SMILES string of the molecule is CCC(CC)(CCl)CNS(=O)(=O)CCc1ccccc1. The van der Waals surface area contributed by atoms with E-state index in [9.17, 15) is 8.42 Å². The summed E-state index contributed by atoms with van der Waals surface area (Å²) in [4.78, 5) is 0. The van der Waals surface area contributed by atoms with E-state index in [2.05, 4.69) is 4.72 Å². The highest BCUT2D eigenvalue weighted by Gasteiger charge is 2.26. The normalized spacial score (nSPS) is 12.6. The lowest BCUT2D eigenvalue weighted by atomic mass is 9.85. The summed E-state index contributed by atoms with van der Waals surface area (Å²) < 4.78 is 26.8. The van der Waals surface area contributed by atoms with Crippen LogP contribution in [0, 0.1) is 5.41 Å². The lowest BCUT2D eigenvalue weighted by Gasteiger charge is -2.29. The van der Waals surface area contributed by atoms with Gasteiger partial charge in [-0.1, -0.05) is 44.2 Å². The van der Waals surface area contributed by atoms with E-state index in [1.54, 1.807) is 0 Å². The van der Waals surface area contributed by atoms with Crippen LogP contribution in [0.4, 0.5) is 0 Å². The highest BCUT2D eigenvalue weighted by molar-refractivity contribution is 7.89. The molecule has 20 heavy (non-hydrogen) atoms. The molecule has 0 saturated heterocycles. The first kappa shape index (κ1) is 17.5. The molecular formula is C15H24ClNO2S. The molecule has 1 N–H and O–H groups in total. The Labute approximate surface area is 127 Å². The molecule has 0 bridgehead atoms. The molecule has 0 aromatic heterocycles. The van der Waals surface area contributed by atoms with Gasteiger partial charge in [-0.05, 0) is 30.2 Å². The van der Waals surface area contributed by atoms with E-state index in [-0.39, 0.29) is 11.2 Å². The zero-order chi connectivity index (χ0) is 15.1. The monoisotopic (exact) mass is 317 g/mol. The molecule has 3 nitrogen and oxygen atoms in total. The molecular weight excluding hydrogens is 294 g/mol. The quantitative estimate of drug-likeness (QED) is 0.711. The second kappa shape index (κ2) is 8.01. The largest absolute Gasteiger partial charge is 0.215 e.